The molecule has 1 aromatic heterocycles. The molecule has 20 heavy (non-hydrogen) atoms. The van der Waals surface area contributed by atoms with E-state index in [9.17, 15) is 4.79 Å². The summed E-state index contributed by atoms with van der Waals surface area (Å²) in [6.45, 7) is 7.32. The summed E-state index contributed by atoms with van der Waals surface area (Å²) in [6, 6.07) is 3.70. The van der Waals surface area contributed by atoms with Crippen LogP contribution in [0.5, 0.6) is 5.88 Å². The number of hydrogen-bond acceptors (Lipinski definition) is 5. The van der Waals surface area contributed by atoms with Gasteiger partial charge in [0.2, 0.25) is 11.8 Å². The Hall–Kier alpha value is -2.08. The summed E-state index contributed by atoms with van der Waals surface area (Å²) in [5.74, 6) is 1.00. The van der Waals surface area contributed by atoms with Crippen LogP contribution in [0.15, 0.2) is 24.8 Å². The topological polar surface area (TPSA) is 57.7 Å². The van der Waals surface area contributed by atoms with E-state index >= 15 is 0 Å². The highest BCUT2D eigenvalue weighted by Gasteiger charge is 2.17. The zero-order chi connectivity index (χ0) is 14.5. The number of ether oxygens (including phenoxy) is 1. The molecular formula is C14H20N4O2. The van der Waals surface area contributed by atoms with Crippen LogP contribution in [0.2, 0.25) is 0 Å². The van der Waals surface area contributed by atoms with Crippen molar-refractivity contribution in [1.29, 1.82) is 0 Å². The second-order valence-electron chi connectivity index (χ2n) is 4.71. The lowest BCUT2D eigenvalue weighted by Gasteiger charge is -2.33. The van der Waals surface area contributed by atoms with Crippen LogP contribution in [0, 0.1) is 0 Å². The van der Waals surface area contributed by atoms with E-state index in [0.717, 1.165) is 32.0 Å². The van der Waals surface area contributed by atoms with Crippen molar-refractivity contribution in [2.75, 3.05) is 50.6 Å². The van der Waals surface area contributed by atoms with Crippen LogP contribution in [0.4, 0.5) is 11.5 Å². The molecule has 1 aromatic rings. The lowest BCUT2D eigenvalue weighted by atomic mass is 10.3. The monoisotopic (exact) mass is 276 g/mol. The molecule has 0 bridgehead atoms. The normalized spacial score (nSPS) is 15.8. The third-order valence-corrected chi connectivity index (χ3v) is 3.31. The molecule has 0 saturated carbocycles. The van der Waals surface area contributed by atoms with Crippen molar-refractivity contribution in [3.63, 3.8) is 0 Å². The highest BCUT2D eigenvalue weighted by Crippen LogP contribution is 2.26. The molecule has 0 radical (unpaired) electrons. The van der Waals surface area contributed by atoms with E-state index in [1.807, 2.05) is 6.07 Å². The van der Waals surface area contributed by atoms with Crippen LogP contribution >= 0.6 is 0 Å². The van der Waals surface area contributed by atoms with Crippen molar-refractivity contribution in [1.82, 2.24) is 9.88 Å². The molecule has 6 nitrogen and oxygen atoms in total. The Labute approximate surface area is 119 Å². The van der Waals surface area contributed by atoms with Crippen molar-refractivity contribution in [3.8, 4) is 5.88 Å². The smallest absolute Gasteiger partial charge is 0.247 e. The van der Waals surface area contributed by atoms with Gasteiger partial charge in [0.1, 0.15) is 11.5 Å². The molecule has 2 rings (SSSR count). The van der Waals surface area contributed by atoms with Gasteiger partial charge in [0.05, 0.1) is 7.11 Å². The Morgan fingerprint density at radius 1 is 1.40 bits per heavy atom. The highest BCUT2D eigenvalue weighted by atomic mass is 16.5. The molecule has 1 fully saturated rings. The highest BCUT2D eigenvalue weighted by molar-refractivity contribution is 5.99. The van der Waals surface area contributed by atoms with E-state index in [-0.39, 0.29) is 5.91 Å². The van der Waals surface area contributed by atoms with Crippen LogP contribution in [0.1, 0.15) is 0 Å². The second kappa shape index (κ2) is 6.38. The van der Waals surface area contributed by atoms with Gasteiger partial charge in [0.25, 0.3) is 0 Å². The first-order chi connectivity index (χ1) is 9.63. The Kier molecular flexibility index (Phi) is 4.57. The van der Waals surface area contributed by atoms with E-state index in [4.69, 9.17) is 4.74 Å². The number of likely N-dealkylation sites (N-methyl/N-ethyl adjacent to an activating group) is 1. The molecule has 6 heteroatoms. The maximum atomic E-state index is 11.3. The van der Waals surface area contributed by atoms with E-state index in [1.165, 1.54) is 6.08 Å². The Morgan fingerprint density at radius 2 is 2.10 bits per heavy atom. The lowest BCUT2D eigenvalue weighted by Crippen LogP contribution is -2.44. The predicted molar refractivity (Wildman–Crippen MR) is 79.3 cm³/mol. The average Bonchev–Trinajstić information content (AvgIpc) is 2.48. The molecular weight excluding hydrogens is 256 g/mol. The number of anilines is 2. The number of methoxy groups -OCH3 is 1. The van der Waals surface area contributed by atoms with Gasteiger partial charge in [-0.15, -0.1) is 0 Å². The molecule has 108 valence electrons. The van der Waals surface area contributed by atoms with Gasteiger partial charge in [-0.3, -0.25) is 4.79 Å². The summed E-state index contributed by atoms with van der Waals surface area (Å²) in [7, 11) is 3.65. The van der Waals surface area contributed by atoms with Crippen LogP contribution in [0.25, 0.3) is 0 Å². The Morgan fingerprint density at radius 3 is 2.70 bits per heavy atom. The van der Waals surface area contributed by atoms with Crippen molar-refractivity contribution < 1.29 is 9.53 Å². The molecule has 1 N–H and O–H groups in total. The second-order valence-corrected chi connectivity index (χ2v) is 4.71. The number of nitrogens with zero attached hydrogens (tertiary/aromatic N) is 3. The molecule has 1 amide bonds. The number of carbonyl (C=O) groups excluding carboxylic acids is 1. The zero-order valence-electron chi connectivity index (χ0n) is 11.9. The standard InChI is InChI=1S/C14H20N4O2/c1-4-13(19)15-11-5-6-12(16-14(11)20-3)18-9-7-17(2)8-10-18/h4-6H,1,7-10H2,2-3H3,(H,15,19). The first-order valence-electron chi connectivity index (χ1n) is 6.56. The minimum Gasteiger partial charge on any atom is -0.479 e. The minimum atomic E-state index is -0.280. The number of piperazine rings is 1. The minimum absolute atomic E-state index is 0.280. The van der Waals surface area contributed by atoms with Crippen LogP contribution < -0.4 is 15.0 Å². The lowest BCUT2D eigenvalue weighted by molar-refractivity contribution is -0.111. The van der Waals surface area contributed by atoms with Gasteiger partial charge in [-0.1, -0.05) is 6.58 Å². The summed E-state index contributed by atoms with van der Waals surface area (Å²) < 4.78 is 5.25. The third-order valence-electron chi connectivity index (χ3n) is 3.31. The molecule has 1 aliphatic heterocycles. The number of rotatable bonds is 4. The third kappa shape index (κ3) is 3.27. The van der Waals surface area contributed by atoms with Crippen molar-refractivity contribution in [2.45, 2.75) is 0 Å². The van der Waals surface area contributed by atoms with E-state index in [0.29, 0.717) is 11.6 Å². The quantitative estimate of drug-likeness (QED) is 0.830. The van der Waals surface area contributed by atoms with Gasteiger partial charge in [-0.2, -0.15) is 4.98 Å². The predicted octanol–water partition coefficient (Wildman–Crippen LogP) is 0.966. The molecule has 1 saturated heterocycles. The van der Waals surface area contributed by atoms with Crippen molar-refractivity contribution in [3.05, 3.63) is 24.8 Å². The van der Waals surface area contributed by atoms with Crippen LogP contribution in [-0.4, -0.2) is 56.1 Å². The van der Waals surface area contributed by atoms with Gasteiger partial charge < -0.3 is 19.9 Å². The van der Waals surface area contributed by atoms with E-state index < -0.39 is 0 Å². The number of pyridine rings is 1. The van der Waals surface area contributed by atoms with E-state index in [2.05, 4.69) is 33.7 Å². The molecule has 1 aliphatic rings. The first-order valence-corrected chi connectivity index (χ1v) is 6.56. The summed E-state index contributed by atoms with van der Waals surface area (Å²) in [6.07, 6.45) is 1.22. The average molecular weight is 276 g/mol. The molecule has 0 spiro atoms. The molecule has 0 unspecified atom stereocenters. The molecule has 0 aromatic carbocycles. The van der Waals surface area contributed by atoms with Gasteiger partial charge >= 0.3 is 0 Å². The number of amides is 1. The summed E-state index contributed by atoms with van der Waals surface area (Å²) >= 11 is 0. The maximum Gasteiger partial charge on any atom is 0.247 e. The fourth-order valence-corrected chi connectivity index (χ4v) is 2.08. The number of aromatic nitrogens is 1. The fraction of sp³-hybridized carbons (Fsp3) is 0.429. The van der Waals surface area contributed by atoms with Crippen molar-refractivity contribution >= 4 is 17.4 Å². The van der Waals surface area contributed by atoms with Gasteiger partial charge in [0, 0.05) is 26.2 Å². The fourth-order valence-electron chi connectivity index (χ4n) is 2.08. The van der Waals surface area contributed by atoms with Gasteiger partial charge in [-0.25, -0.2) is 0 Å². The van der Waals surface area contributed by atoms with Crippen molar-refractivity contribution in [2.24, 2.45) is 0 Å². The van der Waals surface area contributed by atoms with E-state index in [1.54, 1.807) is 13.2 Å². The summed E-state index contributed by atoms with van der Waals surface area (Å²) in [5.41, 5.74) is 0.551. The summed E-state index contributed by atoms with van der Waals surface area (Å²) in [4.78, 5) is 20.3. The Bertz CT molecular complexity index is 496. The molecule has 0 aliphatic carbocycles. The zero-order valence-corrected chi connectivity index (χ0v) is 11.9. The number of carbonyl (C=O) groups is 1. The van der Waals surface area contributed by atoms with Gasteiger partial charge in [-0.05, 0) is 25.3 Å². The largest absolute Gasteiger partial charge is 0.479 e. The van der Waals surface area contributed by atoms with Crippen LogP contribution in [0.3, 0.4) is 0 Å². The maximum absolute atomic E-state index is 11.3. The molecule has 2 heterocycles. The number of hydrogen-bond donors (Lipinski definition) is 1. The van der Waals surface area contributed by atoms with Crippen LogP contribution in [-0.2, 0) is 4.79 Å². The first kappa shape index (κ1) is 14.3. The number of nitrogens with one attached hydrogen (secondary N) is 1. The SMILES string of the molecule is C=CC(=O)Nc1ccc(N2CCN(C)CC2)nc1OC. The van der Waals surface area contributed by atoms with Gasteiger partial charge in [0.15, 0.2) is 0 Å². The summed E-state index contributed by atoms with van der Waals surface area (Å²) in [5, 5.41) is 2.68. The molecule has 0 atom stereocenters. The Balaban J connectivity index is 2.16.